The summed E-state index contributed by atoms with van der Waals surface area (Å²) in [7, 11) is 0. The molecule has 1 fully saturated rings. The third kappa shape index (κ3) is 3.47. The molecule has 0 spiro atoms. The van der Waals surface area contributed by atoms with Crippen LogP contribution in [0.1, 0.15) is 29.0 Å². The summed E-state index contributed by atoms with van der Waals surface area (Å²) < 4.78 is 0. The fourth-order valence-electron chi connectivity index (χ4n) is 2.98. The Morgan fingerprint density at radius 3 is 2.59 bits per heavy atom. The molecule has 3 heteroatoms. The zero-order valence-electron chi connectivity index (χ0n) is 13.2. The molecule has 1 atom stereocenters. The first kappa shape index (κ1) is 15.0. The minimum absolute atomic E-state index is 0.581. The highest BCUT2D eigenvalue weighted by Crippen LogP contribution is 2.27. The molecule has 1 N–H and O–H groups in total. The molecule has 1 heterocycles. The summed E-state index contributed by atoms with van der Waals surface area (Å²) in [5.41, 5.74) is 5.05. The highest BCUT2D eigenvalue weighted by molar-refractivity contribution is 7.80. The van der Waals surface area contributed by atoms with Gasteiger partial charge in [-0.15, -0.1) is 0 Å². The number of rotatable bonds is 2. The molecule has 0 aromatic heterocycles. The van der Waals surface area contributed by atoms with Crippen LogP contribution in [0.5, 0.6) is 0 Å². The molecule has 2 nitrogen and oxygen atoms in total. The molecule has 2 aromatic rings. The summed E-state index contributed by atoms with van der Waals surface area (Å²) in [5, 5.41) is 4.20. The van der Waals surface area contributed by atoms with Crippen LogP contribution in [0.3, 0.4) is 0 Å². The molecule has 114 valence electrons. The van der Waals surface area contributed by atoms with E-state index in [2.05, 4.69) is 72.6 Å². The van der Waals surface area contributed by atoms with Gasteiger partial charge in [0.2, 0.25) is 0 Å². The average Bonchev–Trinajstić information content (AvgIpc) is 2.98. The number of hydrogen-bond acceptors (Lipinski definition) is 1. The minimum atomic E-state index is 0.581. The molecule has 2 aromatic carbocycles. The van der Waals surface area contributed by atoms with Gasteiger partial charge in [-0.25, -0.2) is 0 Å². The second-order valence-corrected chi connectivity index (χ2v) is 6.53. The molecular formula is C19H22N2S. The first-order chi connectivity index (χ1) is 10.6. The SMILES string of the molecule is Cc1ccc([C@@H]2CCN(C(=S)Nc3cccc(C)c3)C2)cc1. The average molecular weight is 310 g/mol. The number of aryl methyl sites for hydroxylation is 2. The van der Waals surface area contributed by atoms with Crippen LogP contribution in [0, 0.1) is 13.8 Å². The van der Waals surface area contributed by atoms with Gasteiger partial charge < -0.3 is 10.2 Å². The van der Waals surface area contributed by atoms with Crippen molar-refractivity contribution in [1.29, 1.82) is 0 Å². The van der Waals surface area contributed by atoms with Crippen LogP contribution in [0.4, 0.5) is 5.69 Å². The number of thiocarbonyl (C=S) groups is 1. The number of likely N-dealkylation sites (tertiary alicyclic amines) is 1. The Bertz CT molecular complexity index is 663. The summed E-state index contributed by atoms with van der Waals surface area (Å²) in [4.78, 5) is 2.28. The van der Waals surface area contributed by atoms with Crippen LogP contribution in [0.2, 0.25) is 0 Å². The van der Waals surface area contributed by atoms with Crippen LogP contribution in [-0.2, 0) is 0 Å². The number of nitrogens with one attached hydrogen (secondary N) is 1. The molecule has 0 saturated carbocycles. The van der Waals surface area contributed by atoms with Crippen molar-refractivity contribution in [3.05, 3.63) is 65.2 Å². The van der Waals surface area contributed by atoms with Crippen LogP contribution >= 0.6 is 12.2 Å². The summed E-state index contributed by atoms with van der Waals surface area (Å²) in [5.74, 6) is 0.581. The molecule has 0 amide bonds. The van der Waals surface area contributed by atoms with Crippen LogP contribution < -0.4 is 5.32 Å². The highest BCUT2D eigenvalue weighted by Gasteiger charge is 2.25. The molecule has 1 aliphatic heterocycles. The molecule has 1 saturated heterocycles. The van der Waals surface area contributed by atoms with Crippen LogP contribution in [-0.4, -0.2) is 23.1 Å². The maximum Gasteiger partial charge on any atom is 0.173 e. The number of anilines is 1. The Balaban J connectivity index is 1.62. The molecular weight excluding hydrogens is 288 g/mol. The largest absolute Gasteiger partial charge is 0.348 e. The van der Waals surface area contributed by atoms with Crippen molar-refractivity contribution < 1.29 is 0 Å². The molecule has 22 heavy (non-hydrogen) atoms. The highest BCUT2D eigenvalue weighted by atomic mass is 32.1. The molecule has 0 radical (unpaired) electrons. The van der Waals surface area contributed by atoms with E-state index in [1.165, 1.54) is 23.1 Å². The lowest BCUT2D eigenvalue weighted by molar-refractivity contribution is 0.518. The summed E-state index contributed by atoms with van der Waals surface area (Å²) in [6.07, 6.45) is 1.17. The van der Waals surface area contributed by atoms with Crippen molar-refractivity contribution in [1.82, 2.24) is 4.90 Å². The van der Waals surface area contributed by atoms with Gasteiger partial charge in [0.25, 0.3) is 0 Å². The summed E-state index contributed by atoms with van der Waals surface area (Å²) in [6, 6.07) is 17.2. The van der Waals surface area contributed by atoms with E-state index in [1.807, 2.05) is 0 Å². The zero-order chi connectivity index (χ0) is 15.5. The monoisotopic (exact) mass is 310 g/mol. The molecule has 3 rings (SSSR count). The first-order valence-corrected chi connectivity index (χ1v) is 8.22. The van der Waals surface area contributed by atoms with Crippen molar-refractivity contribution in [3.8, 4) is 0 Å². The molecule has 0 aliphatic carbocycles. The first-order valence-electron chi connectivity index (χ1n) is 7.81. The van der Waals surface area contributed by atoms with E-state index in [9.17, 15) is 0 Å². The Morgan fingerprint density at radius 1 is 1.09 bits per heavy atom. The van der Waals surface area contributed by atoms with Crippen LogP contribution in [0.25, 0.3) is 0 Å². The molecule has 0 unspecified atom stereocenters. The lowest BCUT2D eigenvalue weighted by Gasteiger charge is -2.21. The van der Waals surface area contributed by atoms with Gasteiger partial charge in [0, 0.05) is 24.7 Å². The smallest absolute Gasteiger partial charge is 0.173 e. The van der Waals surface area contributed by atoms with Gasteiger partial charge in [0.15, 0.2) is 5.11 Å². The second kappa shape index (κ2) is 6.49. The van der Waals surface area contributed by atoms with Crippen molar-refractivity contribution in [2.24, 2.45) is 0 Å². The van der Waals surface area contributed by atoms with E-state index in [-0.39, 0.29) is 0 Å². The number of nitrogens with zero attached hydrogens (tertiary/aromatic N) is 1. The Hall–Kier alpha value is -1.87. The topological polar surface area (TPSA) is 15.3 Å². The Kier molecular flexibility index (Phi) is 4.44. The maximum absolute atomic E-state index is 5.58. The number of benzene rings is 2. The van der Waals surface area contributed by atoms with Gasteiger partial charge in [-0.2, -0.15) is 0 Å². The Labute approximate surface area is 138 Å². The van der Waals surface area contributed by atoms with E-state index in [0.29, 0.717) is 5.92 Å². The van der Waals surface area contributed by atoms with Gasteiger partial charge in [-0.3, -0.25) is 0 Å². The van der Waals surface area contributed by atoms with Gasteiger partial charge in [0.1, 0.15) is 0 Å². The standard InChI is InChI=1S/C19H22N2S/c1-14-6-8-16(9-7-14)17-10-11-21(13-17)19(22)20-18-5-3-4-15(2)12-18/h3-9,12,17H,10-11,13H2,1-2H3,(H,20,22)/t17-/m1/s1. The summed E-state index contributed by atoms with van der Waals surface area (Å²) >= 11 is 5.58. The fourth-order valence-corrected chi connectivity index (χ4v) is 3.26. The lowest BCUT2D eigenvalue weighted by Crippen LogP contribution is -2.32. The Morgan fingerprint density at radius 2 is 1.86 bits per heavy atom. The number of hydrogen-bond donors (Lipinski definition) is 1. The quantitative estimate of drug-likeness (QED) is 0.823. The predicted octanol–water partition coefficient (Wildman–Crippen LogP) is 4.49. The third-order valence-corrected chi connectivity index (χ3v) is 4.65. The normalized spacial score (nSPS) is 17.5. The molecule has 0 bridgehead atoms. The van der Waals surface area contributed by atoms with Gasteiger partial charge in [-0.1, -0.05) is 42.0 Å². The van der Waals surface area contributed by atoms with E-state index >= 15 is 0 Å². The maximum atomic E-state index is 5.58. The zero-order valence-corrected chi connectivity index (χ0v) is 14.0. The predicted molar refractivity (Wildman–Crippen MR) is 97.5 cm³/mol. The van der Waals surface area contributed by atoms with Crippen molar-refractivity contribution in [3.63, 3.8) is 0 Å². The minimum Gasteiger partial charge on any atom is -0.348 e. The van der Waals surface area contributed by atoms with Crippen molar-refractivity contribution in [2.45, 2.75) is 26.2 Å². The van der Waals surface area contributed by atoms with E-state index in [4.69, 9.17) is 12.2 Å². The third-order valence-electron chi connectivity index (χ3n) is 4.29. The summed E-state index contributed by atoms with van der Waals surface area (Å²) in [6.45, 7) is 6.25. The second-order valence-electron chi connectivity index (χ2n) is 6.14. The van der Waals surface area contributed by atoms with E-state index in [1.54, 1.807) is 0 Å². The van der Waals surface area contributed by atoms with Crippen molar-refractivity contribution >= 4 is 23.0 Å². The van der Waals surface area contributed by atoms with Gasteiger partial charge in [-0.05, 0) is 55.7 Å². The van der Waals surface area contributed by atoms with Gasteiger partial charge in [0.05, 0.1) is 0 Å². The van der Waals surface area contributed by atoms with E-state index in [0.717, 1.165) is 23.9 Å². The van der Waals surface area contributed by atoms with Crippen molar-refractivity contribution in [2.75, 3.05) is 18.4 Å². The lowest BCUT2D eigenvalue weighted by atomic mass is 9.98. The molecule has 1 aliphatic rings. The fraction of sp³-hybridized carbons (Fsp3) is 0.316. The van der Waals surface area contributed by atoms with E-state index < -0.39 is 0 Å². The van der Waals surface area contributed by atoms with Gasteiger partial charge >= 0.3 is 0 Å². The van der Waals surface area contributed by atoms with Crippen LogP contribution in [0.15, 0.2) is 48.5 Å².